The zero-order valence-electron chi connectivity index (χ0n) is 13.9. The Morgan fingerprint density at radius 1 is 1.42 bits per heavy atom. The Morgan fingerprint density at radius 3 is 2.75 bits per heavy atom. The van der Waals surface area contributed by atoms with E-state index in [1.807, 2.05) is 6.07 Å². The van der Waals surface area contributed by atoms with E-state index >= 15 is 0 Å². The summed E-state index contributed by atoms with van der Waals surface area (Å²) in [5.74, 6) is 0.641. The molecule has 1 aromatic rings. The van der Waals surface area contributed by atoms with Crippen molar-refractivity contribution in [1.29, 1.82) is 0 Å². The van der Waals surface area contributed by atoms with E-state index in [0.29, 0.717) is 19.0 Å². The van der Waals surface area contributed by atoms with E-state index in [2.05, 4.69) is 22.5 Å². The molecule has 0 bridgehead atoms. The molecule has 0 amide bonds. The predicted molar refractivity (Wildman–Crippen MR) is 105 cm³/mol. The van der Waals surface area contributed by atoms with E-state index in [0.717, 1.165) is 25.0 Å². The molecule has 136 valence electrons. The highest BCUT2D eigenvalue weighted by molar-refractivity contribution is 14.0. The van der Waals surface area contributed by atoms with Gasteiger partial charge in [0.1, 0.15) is 0 Å². The van der Waals surface area contributed by atoms with Crippen LogP contribution in [0.15, 0.2) is 34.2 Å². The molecule has 0 radical (unpaired) electrons. The van der Waals surface area contributed by atoms with Crippen LogP contribution in [-0.2, 0) is 21.3 Å². The van der Waals surface area contributed by atoms with Gasteiger partial charge in [0.05, 0.1) is 10.5 Å². The van der Waals surface area contributed by atoms with Crippen LogP contribution in [0.2, 0.25) is 0 Å². The van der Waals surface area contributed by atoms with Crippen molar-refractivity contribution in [2.75, 3.05) is 20.2 Å². The van der Waals surface area contributed by atoms with Gasteiger partial charge in [0.15, 0.2) is 5.96 Å². The van der Waals surface area contributed by atoms with E-state index in [9.17, 15) is 8.42 Å². The highest BCUT2D eigenvalue weighted by Crippen LogP contribution is 2.23. The van der Waals surface area contributed by atoms with Gasteiger partial charge in [0.2, 0.25) is 10.0 Å². The number of ether oxygens (including phenoxy) is 1. The van der Waals surface area contributed by atoms with Gasteiger partial charge in [-0.25, -0.2) is 13.6 Å². The Morgan fingerprint density at radius 2 is 2.17 bits per heavy atom. The number of nitrogens with zero attached hydrogens (tertiary/aromatic N) is 1. The van der Waals surface area contributed by atoms with Gasteiger partial charge < -0.3 is 15.4 Å². The topological polar surface area (TPSA) is 106 Å². The molecule has 9 heteroatoms. The minimum Gasteiger partial charge on any atom is -0.373 e. The van der Waals surface area contributed by atoms with E-state index in [4.69, 9.17) is 9.88 Å². The van der Waals surface area contributed by atoms with Crippen molar-refractivity contribution in [3.8, 4) is 0 Å². The van der Waals surface area contributed by atoms with Crippen molar-refractivity contribution in [2.24, 2.45) is 10.1 Å². The van der Waals surface area contributed by atoms with Gasteiger partial charge in [-0.15, -0.1) is 24.0 Å². The average molecular weight is 468 g/mol. The number of halogens is 1. The molecule has 0 spiro atoms. The van der Waals surface area contributed by atoms with Crippen molar-refractivity contribution < 1.29 is 13.2 Å². The second kappa shape index (κ2) is 8.97. The molecule has 7 nitrogen and oxygen atoms in total. The van der Waals surface area contributed by atoms with Crippen molar-refractivity contribution >= 4 is 40.0 Å². The molecule has 0 aromatic heterocycles. The van der Waals surface area contributed by atoms with Crippen LogP contribution >= 0.6 is 24.0 Å². The normalized spacial score (nSPS) is 21.2. The number of guanidine groups is 1. The van der Waals surface area contributed by atoms with Gasteiger partial charge in [-0.05, 0) is 37.5 Å². The Bertz CT molecular complexity index is 673. The van der Waals surface area contributed by atoms with Gasteiger partial charge in [-0.3, -0.25) is 4.99 Å². The third-order valence-corrected chi connectivity index (χ3v) is 4.75. The fourth-order valence-corrected chi connectivity index (χ4v) is 3.07. The van der Waals surface area contributed by atoms with Crippen LogP contribution in [0.25, 0.3) is 0 Å². The van der Waals surface area contributed by atoms with Gasteiger partial charge in [-0.1, -0.05) is 12.1 Å². The Kier molecular flexibility index (Phi) is 7.90. The number of primary sulfonamides is 1. The second-order valence-electron chi connectivity index (χ2n) is 5.87. The maximum absolute atomic E-state index is 11.4. The summed E-state index contributed by atoms with van der Waals surface area (Å²) in [6.07, 6.45) is 2.10. The summed E-state index contributed by atoms with van der Waals surface area (Å²) in [6, 6.07) is 6.53. The molecule has 1 saturated heterocycles. The van der Waals surface area contributed by atoms with E-state index in [1.54, 1.807) is 19.2 Å². The molecule has 1 atom stereocenters. The predicted octanol–water partition coefficient (Wildman–Crippen LogP) is 1.19. The molecule has 1 aliphatic rings. The molecule has 1 fully saturated rings. The third kappa shape index (κ3) is 6.19. The molecule has 1 unspecified atom stereocenters. The van der Waals surface area contributed by atoms with E-state index < -0.39 is 10.0 Å². The Labute approximate surface area is 160 Å². The smallest absolute Gasteiger partial charge is 0.238 e. The van der Waals surface area contributed by atoms with Gasteiger partial charge in [-0.2, -0.15) is 0 Å². The first-order chi connectivity index (χ1) is 10.8. The molecule has 4 N–H and O–H groups in total. The number of hydrogen-bond donors (Lipinski definition) is 3. The average Bonchev–Trinajstić information content (AvgIpc) is 2.94. The lowest BCUT2D eigenvalue weighted by atomic mass is 10.0. The highest BCUT2D eigenvalue weighted by Gasteiger charge is 2.29. The number of rotatable bonds is 5. The molecule has 1 aliphatic heterocycles. The molecule has 1 aromatic carbocycles. The van der Waals surface area contributed by atoms with Crippen molar-refractivity contribution in [1.82, 2.24) is 10.6 Å². The van der Waals surface area contributed by atoms with Crippen LogP contribution in [0.3, 0.4) is 0 Å². The summed E-state index contributed by atoms with van der Waals surface area (Å²) < 4.78 is 28.5. The van der Waals surface area contributed by atoms with Crippen molar-refractivity contribution in [3.05, 3.63) is 29.8 Å². The quantitative estimate of drug-likeness (QED) is 0.342. The number of aliphatic imine (C=N–C) groups is 1. The van der Waals surface area contributed by atoms with E-state index in [1.165, 1.54) is 6.07 Å². The molecular weight excluding hydrogens is 443 g/mol. The monoisotopic (exact) mass is 468 g/mol. The summed E-state index contributed by atoms with van der Waals surface area (Å²) in [5, 5.41) is 11.5. The minimum absolute atomic E-state index is 0. The minimum atomic E-state index is -3.69. The summed E-state index contributed by atoms with van der Waals surface area (Å²) in [4.78, 5) is 4.27. The first-order valence-corrected chi connectivity index (χ1v) is 9.07. The van der Waals surface area contributed by atoms with E-state index in [-0.39, 0.29) is 34.5 Å². The largest absolute Gasteiger partial charge is 0.373 e. The van der Waals surface area contributed by atoms with Crippen LogP contribution in [-0.4, -0.2) is 40.2 Å². The fraction of sp³-hybridized carbons (Fsp3) is 0.533. The Balaban J connectivity index is 0.00000288. The molecule has 1 heterocycles. The first-order valence-electron chi connectivity index (χ1n) is 7.53. The number of benzene rings is 1. The lowest BCUT2D eigenvalue weighted by molar-refractivity contribution is 0.0243. The number of nitrogens with two attached hydrogens (primary N) is 1. The first kappa shape index (κ1) is 21.1. The number of sulfonamides is 1. The zero-order valence-corrected chi connectivity index (χ0v) is 17.1. The van der Waals surface area contributed by atoms with Crippen LogP contribution < -0.4 is 15.8 Å². The van der Waals surface area contributed by atoms with Crippen LogP contribution in [0.1, 0.15) is 25.3 Å². The molecule has 24 heavy (non-hydrogen) atoms. The summed E-state index contributed by atoms with van der Waals surface area (Å²) >= 11 is 0. The fourth-order valence-electron chi connectivity index (χ4n) is 2.49. The third-order valence-electron chi connectivity index (χ3n) is 3.84. The summed E-state index contributed by atoms with van der Waals surface area (Å²) in [7, 11) is -2.00. The SMILES string of the molecule is CN=C(NCc1cccc(S(N)(=O)=O)c1)NCC1(C)CCCO1.I. The Hall–Kier alpha value is -0.910. The van der Waals surface area contributed by atoms with Crippen LogP contribution in [0.5, 0.6) is 0 Å². The van der Waals surface area contributed by atoms with Gasteiger partial charge in [0, 0.05) is 26.7 Å². The zero-order chi connectivity index (χ0) is 16.9. The molecule has 0 saturated carbocycles. The molecule has 0 aliphatic carbocycles. The van der Waals surface area contributed by atoms with Crippen molar-refractivity contribution in [3.63, 3.8) is 0 Å². The van der Waals surface area contributed by atoms with Crippen LogP contribution in [0.4, 0.5) is 0 Å². The summed E-state index contributed by atoms with van der Waals surface area (Å²) in [6.45, 7) is 3.99. The molecular formula is C15H25IN4O3S. The summed E-state index contributed by atoms with van der Waals surface area (Å²) in [5.41, 5.74) is 0.647. The lowest BCUT2D eigenvalue weighted by Gasteiger charge is -2.24. The van der Waals surface area contributed by atoms with Crippen LogP contribution in [0, 0.1) is 0 Å². The lowest BCUT2D eigenvalue weighted by Crippen LogP contribution is -2.45. The van der Waals surface area contributed by atoms with Gasteiger partial charge in [0.25, 0.3) is 0 Å². The standard InChI is InChI=1S/C15H24N4O3S.HI/c1-15(7-4-8-22-15)11-19-14(17-2)18-10-12-5-3-6-13(9-12)23(16,20)21;/h3,5-6,9H,4,7-8,10-11H2,1-2H3,(H2,16,20,21)(H2,17,18,19);1H. The van der Waals surface area contributed by atoms with Crippen molar-refractivity contribution in [2.45, 2.75) is 36.8 Å². The van der Waals surface area contributed by atoms with Gasteiger partial charge >= 0.3 is 0 Å². The number of nitrogens with one attached hydrogen (secondary N) is 2. The second-order valence-corrected chi connectivity index (χ2v) is 7.44. The maximum atomic E-state index is 11.4. The molecule has 2 rings (SSSR count). The highest BCUT2D eigenvalue weighted by atomic mass is 127. The maximum Gasteiger partial charge on any atom is 0.238 e. The number of hydrogen-bond acceptors (Lipinski definition) is 4.